The van der Waals surface area contributed by atoms with Gasteiger partial charge in [-0.25, -0.2) is 0 Å². The van der Waals surface area contributed by atoms with E-state index in [1.54, 1.807) is 31.2 Å². The van der Waals surface area contributed by atoms with E-state index in [9.17, 15) is 35.1 Å². The Kier molecular flexibility index (Phi) is 17.2. The smallest absolute Gasteiger partial charge is 0.302 e. The number of aliphatic hydroxyl groups is 2. The molecule has 14 rings (SSSR count). The van der Waals surface area contributed by atoms with Gasteiger partial charge in [-0.05, 0) is 169 Å². The summed E-state index contributed by atoms with van der Waals surface area (Å²) in [5.74, 6) is 6.67. The number of esters is 1. The van der Waals surface area contributed by atoms with Crippen LogP contribution in [0.15, 0.2) is 157 Å². The number of hydrogen-bond donors (Lipinski definition) is 7. The average molecular weight is 1280 g/mol. The highest BCUT2D eigenvalue weighted by atomic mass is 16.5. The fourth-order valence-corrected chi connectivity index (χ4v) is 17.5. The van der Waals surface area contributed by atoms with Crippen molar-refractivity contribution in [2.24, 2.45) is 22.7 Å². The molecule has 7 aromatic rings. The van der Waals surface area contributed by atoms with Crippen LogP contribution in [0, 0.1) is 34.5 Å². The summed E-state index contributed by atoms with van der Waals surface area (Å²) >= 11 is 0. The number of benzene rings is 5. The summed E-state index contributed by atoms with van der Waals surface area (Å²) in [6.45, 7) is 5.90. The Morgan fingerprint density at radius 3 is 2.46 bits per heavy atom. The largest absolute Gasteiger partial charge is 0.508 e. The van der Waals surface area contributed by atoms with Gasteiger partial charge in [-0.3, -0.25) is 14.4 Å². The Morgan fingerprint density at radius 1 is 0.832 bits per heavy atom. The van der Waals surface area contributed by atoms with E-state index in [0.717, 1.165) is 111 Å². The first-order valence-corrected chi connectivity index (χ1v) is 33.9. The number of phenolic OH excluding ortho intramolecular Hbond substituents is 3. The monoisotopic (exact) mass is 1280 g/mol. The highest BCUT2D eigenvalue weighted by Crippen LogP contribution is 2.58. The number of carbonyl (C=O) groups is 3. The number of hydrogen-bond acceptors (Lipinski definition) is 13. The molecule has 15 nitrogen and oxygen atoms in total. The van der Waals surface area contributed by atoms with Crippen molar-refractivity contribution in [1.82, 2.24) is 14.9 Å². The molecule has 7 N–H and O–H groups in total. The molecule has 95 heavy (non-hydrogen) atoms. The van der Waals surface area contributed by atoms with Crippen LogP contribution in [0.1, 0.15) is 172 Å². The number of aromatic amines is 1. The number of anilines is 1. The highest BCUT2D eigenvalue weighted by molar-refractivity contribution is 6.00. The zero-order valence-corrected chi connectivity index (χ0v) is 54.5. The van der Waals surface area contributed by atoms with Crippen molar-refractivity contribution in [2.45, 2.75) is 147 Å². The van der Waals surface area contributed by atoms with Crippen LogP contribution < -0.4 is 19.7 Å². The number of ether oxygens (including phenoxy) is 3. The number of H-pyrrole nitrogens is 1. The number of methoxy groups -OCH3 is 1. The number of nitrogens with one attached hydrogen (secondary N) is 2. The number of aryl methyl sites for hydroxylation is 1. The first-order chi connectivity index (χ1) is 46.0. The molecular formula is C80H84N4O11. The summed E-state index contributed by atoms with van der Waals surface area (Å²) in [6.07, 6.45) is 23.1. The Hall–Kier alpha value is -9.23. The first kappa shape index (κ1) is 63.2. The van der Waals surface area contributed by atoms with Crippen molar-refractivity contribution >= 4 is 34.0 Å². The normalized spacial score (nSPS) is 25.3. The fourth-order valence-electron chi connectivity index (χ4n) is 17.5. The van der Waals surface area contributed by atoms with E-state index in [1.165, 1.54) is 25.7 Å². The Labute approximate surface area is 554 Å². The van der Waals surface area contributed by atoms with Crippen molar-refractivity contribution in [1.29, 1.82) is 0 Å². The summed E-state index contributed by atoms with van der Waals surface area (Å²) in [6, 6.07) is 27.3. The third-order valence-corrected chi connectivity index (χ3v) is 22.2. The minimum Gasteiger partial charge on any atom is -0.508 e. The molecule has 5 aliphatic carbocycles. The van der Waals surface area contributed by atoms with E-state index >= 15 is 4.79 Å². The number of carbonyl (C=O) groups excluding carboxylic acids is 3. The summed E-state index contributed by atoms with van der Waals surface area (Å²) in [4.78, 5) is 48.2. The van der Waals surface area contributed by atoms with E-state index < -0.39 is 41.0 Å². The summed E-state index contributed by atoms with van der Waals surface area (Å²) in [7, 11) is 1.49. The van der Waals surface area contributed by atoms with Crippen molar-refractivity contribution in [3.05, 3.63) is 207 Å². The SMILES string of the molecule is COc1cc(C2CC(=O)CC(OC(C)=O)CCC34Cc5c[nH]cc5C(C#CCC3=CC=CC4C)C(c3cccc(O)c3)C3=CCNC(=C3)N(CCC(C)=O)c3ccc4c5c(n2cc35)CC2(CCCC2)C4O)cc(O)c1Oc1cc(O)cc(C2c3ccccc3CCC2CO)c1. The molecule has 5 aromatic carbocycles. The second kappa shape index (κ2) is 25.8. The van der Waals surface area contributed by atoms with E-state index in [0.29, 0.717) is 44.2 Å². The zero-order chi connectivity index (χ0) is 65.9. The molecule has 2 aliphatic heterocycles. The Bertz CT molecular complexity index is 4370. The van der Waals surface area contributed by atoms with Crippen molar-refractivity contribution in [3.63, 3.8) is 0 Å². The molecule has 7 aliphatic rings. The maximum Gasteiger partial charge on any atom is 0.302 e. The van der Waals surface area contributed by atoms with Crippen LogP contribution in [0.2, 0.25) is 0 Å². The minimum atomic E-state index is -0.825. The standard InChI is InChI=1S/C80H84N4O11/c1-47-12-9-15-57-16-11-19-64-66-44-81-43-56(66)41-80(47,57)29-24-61(94-49(3)87)38-60(90)40-69(54-35-71(91)77(72(36-54)93-4)95-62-34-55(33-59(89)39-62)75-53(46-85)21-20-50-13-5-6-18-63(50)75)84-45-67-68(23-22-65-76(67)70(84)42-79(78(65)92)27-7-8-28-79)83(31-26-48(2)86)73-37-52(25-30-82-73)74(64)51-14-10-17-58(88)32-51/h5-6,9-10,12-15,17-18,22-23,25,32-37,39,43-45,47,53,61,64,69,74-75,78,81-82,85,88-89,91-92H,7-8,16,20-21,24,26-31,38,40-42,46H2,1-4H3. The number of nitrogens with zero attached hydrogens (tertiary/aromatic N) is 2. The predicted molar refractivity (Wildman–Crippen MR) is 365 cm³/mol. The van der Waals surface area contributed by atoms with Gasteiger partial charge in [-0.15, -0.1) is 0 Å². The van der Waals surface area contributed by atoms with Crippen LogP contribution in [-0.2, 0) is 38.4 Å². The van der Waals surface area contributed by atoms with Crippen molar-refractivity contribution < 1.29 is 54.1 Å². The van der Waals surface area contributed by atoms with Gasteiger partial charge in [0.05, 0.1) is 30.9 Å². The third kappa shape index (κ3) is 11.8. The topological polar surface area (TPSA) is 216 Å². The number of allylic oxidation sites excluding steroid dienone is 6. The Morgan fingerprint density at radius 2 is 1.66 bits per heavy atom. The number of aromatic nitrogens is 2. The number of phenols is 3. The number of Topliss-reactive ketones (excluding diaryl/α,β-unsaturated/α-hetero) is 2. The van der Waals surface area contributed by atoms with Gasteiger partial charge < -0.3 is 59.5 Å². The molecule has 0 amide bonds. The molecule has 2 aromatic heterocycles. The fraction of sp³-hybridized carbons (Fsp3) is 0.388. The second-order valence-electron chi connectivity index (χ2n) is 27.8. The van der Waals surface area contributed by atoms with Crippen LogP contribution in [0.25, 0.3) is 10.8 Å². The molecule has 0 radical (unpaired) electrons. The lowest BCUT2D eigenvalue weighted by Crippen LogP contribution is -2.36. The van der Waals surface area contributed by atoms with Gasteiger partial charge in [0.25, 0.3) is 0 Å². The highest BCUT2D eigenvalue weighted by Gasteiger charge is 2.48. The first-order valence-electron chi connectivity index (χ1n) is 33.9. The van der Waals surface area contributed by atoms with E-state index in [4.69, 9.17) is 14.2 Å². The second-order valence-corrected chi connectivity index (χ2v) is 27.8. The quantitative estimate of drug-likeness (QED) is 0.0475. The van der Waals surface area contributed by atoms with Gasteiger partial charge in [-0.1, -0.05) is 104 Å². The lowest BCUT2D eigenvalue weighted by molar-refractivity contribution is -0.148. The van der Waals surface area contributed by atoms with Gasteiger partial charge in [-0.2, -0.15) is 0 Å². The molecule has 1 fully saturated rings. The van der Waals surface area contributed by atoms with Crippen LogP contribution in [0.3, 0.4) is 0 Å². The van der Waals surface area contributed by atoms with Crippen molar-refractivity contribution in [2.75, 3.05) is 31.7 Å². The average Bonchev–Trinajstić information content (AvgIpc) is 1.58. The van der Waals surface area contributed by atoms with E-state index in [2.05, 4.69) is 112 Å². The molecule has 9 unspecified atom stereocenters. The van der Waals surface area contributed by atoms with E-state index in [1.807, 2.05) is 36.4 Å². The molecule has 15 heteroatoms. The van der Waals surface area contributed by atoms with Crippen molar-refractivity contribution in [3.8, 4) is 46.3 Å². The summed E-state index contributed by atoms with van der Waals surface area (Å²) < 4.78 is 21.2. The van der Waals surface area contributed by atoms with Crippen LogP contribution in [0.4, 0.5) is 5.69 Å². The number of rotatable bonds is 11. The molecule has 2 spiro atoms. The summed E-state index contributed by atoms with van der Waals surface area (Å²) in [5, 5.41) is 64.2. The van der Waals surface area contributed by atoms with Gasteiger partial charge in [0.15, 0.2) is 11.5 Å². The molecule has 1 saturated carbocycles. The van der Waals surface area contributed by atoms with Gasteiger partial charge in [0.1, 0.15) is 40.7 Å². The van der Waals surface area contributed by atoms with E-state index in [-0.39, 0.29) is 102 Å². The predicted octanol–water partition coefficient (Wildman–Crippen LogP) is 14.2. The molecule has 9 atom stereocenters. The zero-order valence-electron chi connectivity index (χ0n) is 54.5. The maximum absolute atomic E-state index is 15.7. The number of fused-ring (bicyclic) bond motifs is 4. The molecule has 6 bridgehead atoms. The van der Waals surface area contributed by atoms with Gasteiger partial charge in [0.2, 0.25) is 5.75 Å². The van der Waals surface area contributed by atoms with Gasteiger partial charge in [0, 0.05) is 116 Å². The molecule has 490 valence electrons. The number of aromatic hydroxyl groups is 3. The third-order valence-electron chi connectivity index (χ3n) is 22.2. The van der Waals surface area contributed by atoms with Crippen LogP contribution in [0.5, 0.6) is 34.5 Å². The Balaban J connectivity index is 0.960. The minimum absolute atomic E-state index is 0.00322. The van der Waals surface area contributed by atoms with Crippen LogP contribution in [-0.4, -0.2) is 85.5 Å². The molecular weight excluding hydrogens is 1190 g/mol. The summed E-state index contributed by atoms with van der Waals surface area (Å²) in [5.41, 5.74) is 10.1. The lowest BCUT2D eigenvalue weighted by Gasteiger charge is -2.43. The maximum atomic E-state index is 15.7. The lowest BCUT2D eigenvalue weighted by atomic mass is 9.61. The van der Waals surface area contributed by atoms with Gasteiger partial charge >= 0.3 is 5.97 Å². The van der Waals surface area contributed by atoms with Crippen LogP contribution >= 0.6 is 0 Å². The molecule has 0 saturated heterocycles. The number of ketones is 2. The number of aliphatic hydroxyl groups excluding tert-OH is 2. The number of dihydropyridines is 1. The molecule has 4 heterocycles.